The van der Waals surface area contributed by atoms with E-state index < -0.39 is 0 Å². The lowest BCUT2D eigenvalue weighted by atomic mass is 9.97. The van der Waals surface area contributed by atoms with Crippen LogP contribution in [0.3, 0.4) is 0 Å². The fourth-order valence-electron chi connectivity index (χ4n) is 2.35. The molecular weight excluding hydrogens is 316 g/mol. The van der Waals surface area contributed by atoms with Gasteiger partial charge in [0.15, 0.2) is 0 Å². The first-order valence-electron chi connectivity index (χ1n) is 6.94. The Morgan fingerprint density at radius 1 is 1.15 bits per heavy atom. The number of hydrogen-bond donors (Lipinski definition) is 1. The second-order valence-electron chi connectivity index (χ2n) is 4.96. The summed E-state index contributed by atoms with van der Waals surface area (Å²) in [7, 11) is 1.74. The minimum atomic E-state index is 0.616. The topological polar surface area (TPSA) is 45.0 Å². The number of nitrogens with one attached hydrogen (secondary N) is 1. The average molecular weight is 339 g/mol. The second kappa shape index (κ2) is 8.28. The van der Waals surface area contributed by atoms with E-state index in [4.69, 9.17) is 10.00 Å². The SMILES string of the molecule is COc1c(C)c(C)c(Br)c(C)c1CCNCCCC#N. The normalized spacial score (nSPS) is 10.4. The fourth-order valence-corrected chi connectivity index (χ4v) is 2.89. The van der Waals surface area contributed by atoms with Gasteiger partial charge in [0, 0.05) is 10.9 Å². The van der Waals surface area contributed by atoms with E-state index in [0.717, 1.165) is 31.7 Å². The third-order valence-electron chi connectivity index (χ3n) is 3.69. The van der Waals surface area contributed by atoms with E-state index in [-0.39, 0.29) is 0 Å². The van der Waals surface area contributed by atoms with Gasteiger partial charge in [-0.2, -0.15) is 5.26 Å². The molecule has 1 N–H and O–H groups in total. The highest BCUT2D eigenvalue weighted by Gasteiger charge is 2.16. The van der Waals surface area contributed by atoms with Crippen molar-refractivity contribution < 1.29 is 4.74 Å². The van der Waals surface area contributed by atoms with E-state index in [0.29, 0.717) is 6.42 Å². The zero-order chi connectivity index (χ0) is 15.1. The first-order valence-corrected chi connectivity index (χ1v) is 7.73. The number of benzene rings is 1. The molecule has 3 nitrogen and oxygen atoms in total. The van der Waals surface area contributed by atoms with Crippen LogP contribution in [0.25, 0.3) is 0 Å². The fraction of sp³-hybridized carbons (Fsp3) is 0.562. The van der Waals surface area contributed by atoms with Crippen LogP contribution >= 0.6 is 15.9 Å². The van der Waals surface area contributed by atoms with Crippen molar-refractivity contribution in [3.63, 3.8) is 0 Å². The third kappa shape index (κ3) is 3.97. The van der Waals surface area contributed by atoms with E-state index in [1.165, 1.54) is 26.7 Å². The summed E-state index contributed by atoms with van der Waals surface area (Å²) >= 11 is 3.68. The van der Waals surface area contributed by atoms with Crippen LogP contribution in [0.4, 0.5) is 0 Å². The standard InChI is InChI=1S/C16H23BrN2O/c1-11-12(2)16(20-4)14(13(3)15(11)17)7-10-19-9-6-5-8-18/h19H,5-7,9-10H2,1-4H3. The zero-order valence-electron chi connectivity index (χ0n) is 12.8. The van der Waals surface area contributed by atoms with Crippen molar-refractivity contribution in [1.82, 2.24) is 5.32 Å². The molecule has 0 unspecified atom stereocenters. The van der Waals surface area contributed by atoms with Crippen molar-refractivity contribution in [3.05, 3.63) is 26.7 Å². The summed E-state index contributed by atoms with van der Waals surface area (Å²) in [5.74, 6) is 1.00. The Bertz CT molecular complexity index is 506. The van der Waals surface area contributed by atoms with Crippen molar-refractivity contribution in [2.45, 2.75) is 40.0 Å². The molecule has 0 heterocycles. The van der Waals surface area contributed by atoms with Gasteiger partial charge in [0.25, 0.3) is 0 Å². The molecule has 0 aliphatic rings. The maximum absolute atomic E-state index is 8.49. The van der Waals surface area contributed by atoms with Gasteiger partial charge in [0.1, 0.15) is 5.75 Å². The van der Waals surface area contributed by atoms with Gasteiger partial charge >= 0.3 is 0 Å². The van der Waals surface area contributed by atoms with Crippen LogP contribution in [0.5, 0.6) is 5.75 Å². The summed E-state index contributed by atoms with van der Waals surface area (Å²) in [5.41, 5.74) is 4.95. The van der Waals surface area contributed by atoms with E-state index in [1.54, 1.807) is 7.11 Å². The summed E-state index contributed by atoms with van der Waals surface area (Å²) in [5, 5.41) is 11.9. The van der Waals surface area contributed by atoms with Crippen LogP contribution in [-0.2, 0) is 6.42 Å². The Balaban J connectivity index is 2.77. The summed E-state index contributed by atoms with van der Waals surface area (Å²) in [6.45, 7) is 8.13. The molecule has 0 fully saturated rings. The van der Waals surface area contributed by atoms with Gasteiger partial charge in [-0.25, -0.2) is 0 Å². The molecule has 1 aromatic rings. The number of nitrogens with zero attached hydrogens (tertiary/aromatic N) is 1. The number of rotatable bonds is 7. The molecule has 4 heteroatoms. The quantitative estimate of drug-likeness (QED) is 0.768. The molecule has 0 radical (unpaired) electrons. The van der Waals surface area contributed by atoms with Crippen molar-refractivity contribution in [3.8, 4) is 11.8 Å². The van der Waals surface area contributed by atoms with Crippen LogP contribution in [0.1, 0.15) is 35.1 Å². The molecule has 0 saturated heterocycles. The van der Waals surface area contributed by atoms with Crippen LogP contribution < -0.4 is 10.1 Å². The largest absolute Gasteiger partial charge is 0.496 e. The first-order chi connectivity index (χ1) is 9.54. The molecular formula is C16H23BrN2O. The Kier molecular flexibility index (Phi) is 7.04. The van der Waals surface area contributed by atoms with Gasteiger partial charge in [-0.1, -0.05) is 15.9 Å². The van der Waals surface area contributed by atoms with Crippen molar-refractivity contribution in [2.24, 2.45) is 0 Å². The minimum Gasteiger partial charge on any atom is -0.496 e. The number of methoxy groups -OCH3 is 1. The van der Waals surface area contributed by atoms with Crippen LogP contribution in [0.15, 0.2) is 4.47 Å². The summed E-state index contributed by atoms with van der Waals surface area (Å²) < 4.78 is 6.77. The Morgan fingerprint density at radius 2 is 1.85 bits per heavy atom. The highest BCUT2D eigenvalue weighted by atomic mass is 79.9. The predicted molar refractivity (Wildman–Crippen MR) is 86.3 cm³/mol. The summed E-state index contributed by atoms with van der Waals surface area (Å²) in [6.07, 6.45) is 2.45. The van der Waals surface area contributed by atoms with Gasteiger partial charge in [0.05, 0.1) is 13.2 Å². The van der Waals surface area contributed by atoms with E-state index in [2.05, 4.69) is 48.1 Å². The molecule has 0 atom stereocenters. The Hall–Kier alpha value is -1.05. The number of nitriles is 1. The maximum atomic E-state index is 8.49. The van der Waals surface area contributed by atoms with Gasteiger partial charge in [-0.05, 0) is 69.0 Å². The van der Waals surface area contributed by atoms with Gasteiger partial charge in [-0.3, -0.25) is 0 Å². The van der Waals surface area contributed by atoms with E-state index >= 15 is 0 Å². The second-order valence-corrected chi connectivity index (χ2v) is 5.76. The molecule has 0 aliphatic heterocycles. The molecule has 1 rings (SSSR count). The van der Waals surface area contributed by atoms with Crippen molar-refractivity contribution in [1.29, 1.82) is 5.26 Å². The Morgan fingerprint density at radius 3 is 2.45 bits per heavy atom. The van der Waals surface area contributed by atoms with Crippen LogP contribution in [0.2, 0.25) is 0 Å². The van der Waals surface area contributed by atoms with Crippen LogP contribution in [-0.4, -0.2) is 20.2 Å². The molecule has 0 bridgehead atoms. The molecule has 0 saturated carbocycles. The molecule has 20 heavy (non-hydrogen) atoms. The van der Waals surface area contributed by atoms with Crippen LogP contribution in [0, 0.1) is 32.1 Å². The third-order valence-corrected chi connectivity index (χ3v) is 4.88. The number of hydrogen-bond acceptors (Lipinski definition) is 3. The van der Waals surface area contributed by atoms with E-state index in [1.807, 2.05) is 0 Å². The number of ether oxygens (including phenoxy) is 1. The molecule has 1 aromatic carbocycles. The minimum absolute atomic E-state index is 0.616. The van der Waals surface area contributed by atoms with Gasteiger partial charge in [-0.15, -0.1) is 0 Å². The smallest absolute Gasteiger partial charge is 0.125 e. The lowest BCUT2D eigenvalue weighted by Crippen LogP contribution is -2.19. The summed E-state index contributed by atoms with van der Waals surface area (Å²) in [6, 6.07) is 2.16. The van der Waals surface area contributed by atoms with Crippen molar-refractivity contribution in [2.75, 3.05) is 20.2 Å². The number of unbranched alkanes of at least 4 members (excludes halogenated alkanes) is 1. The molecule has 0 spiro atoms. The monoisotopic (exact) mass is 338 g/mol. The highest BCUT2D eigenvalue weighted by Crippen LogP contribution is 2.36. The molecule has 110 valence electrons. The number of halogens is 1. The molecule has 0 aliphatic carbocycles. The first kappa shape index (κ1) is 17.0. The maximum Gasteiger partial charge on any atom is 0.125 e. The van der Waals surface area contributed by atoms with Crippen molar-refractivity contribution >= 4 is 15.9 Å². The predicted octanol–water partition coefficient (Wildman–Crippen LogP) is 3.82. The zero-order valence-corrected chi connectivity index (χ0v) is 14.4. The summed E-state index contributed by atoms with van der Waals surface area (Å²) in [4.78, 5) is 0. The lowest BCUT2D eigenvalue weighted by molar-refractivity contribution is 0.405. The average Bonchev–Trinajstić information content (AvgIpc) is 2.45. The lowest BCUT2D eigenvalue weighted by Gasteiger charge is -2.19. The Labute approximate surface area is 130 Å². The van der Waals surface area contributed by atoms with Gasteiger partial charge < -0.3 is 10.1 Å². The molecule has 0 amide bonds. The van der Waals surface area contributed by atoms with Gasteiger partial charge in [0.2, 0.25) is 0 Å². The van der Waals surface area contributed by atoms with E-state index in [9.17, 15) is 0 Å². The molecule has 0 aromatic heterocycles. The highest BCUT2D eigenvalue weighted by molar-refractivity contribution is 9.10.